The van der Waals surface area contributed by atoms with Gasteiger partial charge in [0.05, 0.1) is 20.0 Å². The van der Waals surface area contributed by atoms with Gasteiger partial charge in [-0.3, -0.25) is 0 Å². The van der Waals surface area contributed by atoms with E-state index in [1.807, 2.05) is 41.1 Å². The monoisotopic (exact) mass is 455 g/mol. The van der Waals surface area contributed by atoms with Gasteiger partial charge in [0.2, 0.25) is 0 Å². The largest absolute Gasteiger partial charge is 0.493 e. The number of methoxy groups -OCH3 is 1. The molecule has 0 fully saturated rings. The van der Waals surface area contributed by atoms with E-state index in [2.05, 4.69) is 4.98 Å². The van der Waals surface area contributed by atoms with Gasteiger partial charge in [-0.25, -0.2) is 4.98 Å². The number of aromatic nitrogens is 2. The minimum absolute atomic E-state index is 0.0404. The highest BCUT2D eigenvalue weighted by molar-refractivity contribution is 6.35. The first-order valence-corrected chi connectivity index (χ1v) is 9.27. The first-order chi connectivity index (χ1) is 14.4. The summed E-state index contributed by atoms with van der Waals surface area (Å²) in [5.74, 6) is 1.25. The van der Waals surface area contributed by atoms with Crippen molar-refractivity contribution in [2.75, 3.05) is 13.9 Å². The summed E-state index contributed by atoms with van der Waals surface area (Å²) in [4.78, 5) is 12.4. The van der Waals surface area contributed by atoms with Gasteiger partial charge in [0.1, 0.15) is 6.10 Å². The smallest absolute Gasteiger partial charge is 0.291 e. The Balaban J connectivity index is 0.000000735. The minimum Gasteiger partial charge on any atom is -0.493 e. The molecule has 9 nitrogen and oxygen atoms in total. The maximum atomic E-state index is 8.36. The number of para-hydroxylation sites is 2. The number of hydrogen-bond acceptors (Lipinski definition) is 6. The van der Waals surface area contributed by atoms with Crippen LogP contribution in [-0.2, 0) is 11.3 Å². The van der Waals surface area contributed by atoms with Crippen molar-refractivity contribution in [1.29, 1.82) is 0 Å². The van der Waals surface area contributed by atoms with Gasteiger partial charge >= 0.3 is 0 Å². The van der Waals surface area contributed by atoms with Gasteiger partial charge in [0.15, 0.2) is 18.3 Å². The van der Waals surface area contributed by atoms with Crippen LogP contribution in [0.25, 0.3) is 0 Å². The molecule has 0 bridgehead atoms. The number of hydrogen-bond donors (Lipinski definition) is 1. The van der Waals surface area contributed by atoms with E-state index in [0.717, 1.165) is 5.56 Å². The van der Waals surface area contributed by atoms with Crippen molar-refractivity contribution in [1.82, 2.24) is 9.55 Å². The van der Waals surface area contributed by atoms with E-state index in [1.54, 1.807) is 31.8 Å². The summed E-state index contributed by atoms with van der Waals surface area (Å²) in [6.45, 7) is 0.579. The SMILES string of the molecule is COc1ccccc1OCOC(Cn1ccnc1)c1ccc(Cl)cc1Cl.O=[N+]([O-])O. The van der Waals surface area contributed by atoms with Crippen molar-refractivity contribution in [2.45, 2.75) is 12.6 Å². The molecule has 11 heteroatoms. The molecule has 1 N–H and O–H groups in total. The summed E-state index contributed by atoms with van der Waals surface area (Å²) in [7, 11) is 1.60. The molecule has 160 valence electrons. The topological polar surface area (TPSA) is 109 Å². The third-order valence-corrected chi connectivity index (χ3v) is 4.36. The summed E-state index contributed by atoms with van der Waals surface area (Å²) in [5, 5.41) is 14.8. The molecule has 3 rings (SSSR count). The quantitative estimate of drug-likeness (QED) is 0.299. The molecule has 0 saturated heterocycles. The summed E-state index contributed by atoms with van der Waals surface area (Å²) in [6.07, 6.45) is 4.97. The predicted octanol–water partition coefficient (Wildman–Crippen LogP) is 4.65. The molecule has 0 aliphatic carbocycles. The molecule has 1 unspecified atom stereocenters. The Morgan fingerprint density at radius 1 is 1.23 bits per heavy atom. The molecule has 1 heterocycles. The average Bonchev–Trinajstić information content (AvgIpc) is 3.20. The van der Waals surface area contributed by atoms with Crippen molar-refractivity contribution in [3.05, 3.63) is 86.9 Å². The molecule has 0 spiro atoms. The average molecular weight is 456 g/mol. The normalized spacial score (nSPS) is 11.2. The lowest BCUT2D eigenvalue weighted by molar-refractivity contribution is -0.742. The molecule has 0 saturated carbocycles. The van der Waals surface area contributed by atoms with Gasteiger partial charge in [0, 0.05) is 28.0 Å². The number of halogens is 2. The van der Waals surface area contributed by atoms with Crippen LogP contribution < -0.4 is 9.47 Å². The summed E-state index contributed by atoms with van der Waals surface area (Å²) < 4.78 is 18.9. The highest BCUT2D eigenvalue weighted by atomic mass is 35.5. The van der Waals surface area contributed by atoms with E-state index in [-0.39, 0.29) is 12.9 Å². The van der Waals surface area contributed by atoms with Crippen molar-refractivity contribution < 1.29 is 24.5 Å². The van der Waals surface area contributed by atoms with Crippen LogP contribution in [0.15, 0.2) is 61.2 Å². The van der Waals surface area contributed by atoms with Gasteiger partial charge in [-0.1, -0.05) is 41.4 Å². The van der Waals surface area contributed by atoms with Crippen molar-refractivity contribution >= 4 is 23.2 Å². The van der Waals surface area contributed by atoms with Crippen molar-refractivity contribution in [3.8, 4) is 11.5 Å². The molecule has 3 aromatic rings. The van der Waals surface area contributed by atoms with Gasteiger partial charge in [-0.15, -0.1) is 10.1 Å². The van der Waals surface area contributed by atoms with Gasteiger partial charge in [-0.05, 0) is 24.3 Å². The van der Waals surface area contributed by atoms with Crippen LogP contribution in [0.1, 0.15) is 11.7 Å². The molecular weight excluding hydrogens is 437 g/mol. The summed E-state index contributed by atoms with van der Waals surface area (Å²) >= 11 is 12.4. The lowest BCUT2D eigenvalue weighted by Crippen LogP contribution is -2.15. The summed E-state index contributed by atoms with van der Waals surface area (Å²) in [6, 6.07) is 12.7. The van der Waals surface area contributed by atoms with Crippen LogP contribution >= 0.6 is 23.2 Å². The second-order valence-corrected chi connectivity index (χ2v) is 6.58. The molecule has 0 amide bonds. The van der Waals surface area contributed by atoms with Crippen LogP contribution in [0.3, 0.4) is 0 Å². The zero-order chi connectivity index (χ0) is 21.9. The van der Waals surface area contributed by atoms with Crippen LogP contribution in [0, 0.1) is 10.1 Å². The van der Waals surface area contributed by atoms with E-state index in [4.69, 9.17) is 52.7 Å². The van der Waals surface area contributed by atoms with E-state index in [9.17, 15) is 0 Å². The highest BCUT2D eigenvalue weighted by Crippen LogP contribution is 2.31. The van der Waals surface area contributed by atoms with Crippen molar-refractivity contribution in [3.63, 3.8) is 0 Å². The van der Waals surface area contributed by atoms with Gasteiger partial charge < -0.3 is 24.0 Å². The Hall–Kier alpha value is -3.01. The van der Waals surface area contributed by atoms with E-state index >= 15 is 0 Å². The maximum absolute atomic E-state index is 8.36. The number of imidazole rings is 1. The lowest BCUT2D eigenvalue weighted by atomic mass is 10.1. The standard InChI is InChI=1S/C19H18Cl2N2O3.HNO3/c1-24-17-4-2-3-5-18(17)25-13-26-19(11-23-9-8-22-12-23)15-7-6-14(20)10-16(15)21;2-1(3)4/h2-10,12,19H,11,13H2,1H3;(H,2,3,4). The molecule has 0 aliphatic heterocycles. The molecule has 2 aromatic carbocycles. The Bertz CT molecular complexity index is 936. The van der Waals surface area contributed by atoms with E-state index in [1.165, 1.54) is 0 Å². The van der Waals surface area contributed by atoms with Crippen LogP contribution in [0.4, 0.5) is 0 Å². The minimum atomic E-state index is -1.50. The molecule has 0 radical (unpaired) electrons. The number of ether oxygens (including phenoxy) is 3. The molecule has 30 heavy (non-hydrogen) atoms. The highest BCUT2D eigenvalue weighted by Gasteiger charge is 2.17. The molecule has 0 aliphatic rings. The van der Waals surface area contributed by atoms with Crippen LogP contribution in [0.2, 0.25) is 10.0 Å². The Kier molecular flexibility index (Phi) is 9.20. The fourth-order valence-corrected chi connectivity index (χ4v) is 3.04. The van der Waals surface area contributed by atoms with Crippen LogP contribution in [0.5, 0.6) is 11.5 Å². The maximum Gasteiger partial charge on any atom is 0.291 e. The molecule has 1 aromatic heterocycles. The number of rotatable bonds is 8. The fraction of sp³-hybridized carbons (Fsp3) is 0.211. The Morgan fingerprint density at radius 2 is 1.93 bits per heavy atom. The van der Waals surface area contributed by atoms with E-state index in [0.29, 0.717) is 28.1 Å². The van der Waals surface area contributed by atoms with Crippen LogP contribution in [-0.4, -0.2) is 33.7 Å². The zero-order valence-electron chi connectivity index (χ0n) is 15.9. The number of nitrogens with zero attached hydrogens (tertiary/aromatic N) is 3. The van der Waals surface area contributed by atoms with Gasteiger partial charge in [0.25, 0.3) is 5.09 Å². The molecular formula is C19H19Cl2N3O6. The van der Waals surface area contributed by atoms with Crippen molar-refractivity contribution in [2.24, 2.45) is 0 Å². The fourth-order valence-electron chi connectivity index (χ4n) is 2.51. The lowest BCUT2D eigenvalue weighted by Gasteiger charge is -2.21. The predicted molar refractivity (Wildman–Crippen MR) is 110 cm³/mol. The van der Waals surface area contributed by atoms with E-state index < -0.39 is 5.09 Å². The summed E-state index contributed by atoms with van der Waals surface area (Å²) in [5.41, 5.74) is 0.827. The third kappa shape index (κ3) is 7.43. The van der Waals surface area contributed by atoms with Gasteiger partial charge in [-0.2, -0.15) is 0 Å². The third-order valence-electron chi connectivity index (χ3n) is 3.80. The first-order valence-electron chi connectivity index (χ1n) is 8.52. The zero-order valence-corrected chi connectivity index (χ0v) is 17.4. The number of benzene rings is 2. The Morgan fingerprint density at radius 3 is 2.53 bits per heavy atom. The second kappa shape index (κ2) is 11.9. The Labute approximate surface area is 182 Å². The molecule has 1 atom stereocenters. The second-order valence-electron chi connectivity index (χ2n) is 5.73. The first kappa shape index (κ1) is 23.3.